The minimum absolute atomic E-state index is 0.302. The van der Waals surface area contributed by atoms with Gasteiger partial charge in [-0.25, -0.2) is 4.98 Å². The van der Waals surface area contributed by atoms with Gasteiger partial charge in [-0.2, -0.15) is 4.98 Å². The van der Waals surface area contributed by atoms with E-state index in [-0.39, 0.29) is 0 Å². The SMILES string of the molecule is CCCNc1cc(OC2CCC(C)(C)CC2)nc(C)n1. The van der Waals surface area contributed by atoms with Crippen LogP contribution in [-0.2, 0) is 0 Å². The van der Waals surface area contributed by atoms with Gasteiger partial charge in [-0.05, 0) is 44.4 Å². The first-order valence-corrected chi connectivity index (χ1v) is 7.75. The van der Waals surface area contributed by atoms with Crippen molar-refractivity contribution in [2.24, 2.45) is 5.41 Å². The van der Waals surface area contributed by atoms with Gasteiger partial charge in [0.1, 0.15) is 17.7 Å². The topological polar surface area (TPSA) is 47.0 Å². The lowest BCUT2D eigenvalue weighted by Gasteiger charge is -2.34. The van der Waals surface area contributed by atoms with Crippen molar-refractivity contribution in [3.8, 4) is 5.88 Å². The van der Waals surface area contributed by atoms with E-state index in [1.807, 2.05) is 13.0 Å². The number of hydrogen-bond donors (Lipinski definition) is 1. The minimum Gasteiger partial charge on any atom is -0.474 e. The summed E-state index contributed by atoms with van der Waals surface area (Å²) >= 11 is 0. The summed E-state index contributed by atoms with van der Waals surface area (Å²) in [5.74, 6) is 2.34. The summed E-state index contributed by atoms with van der Waals surface area (Å²) in [7, 11) is 0. The number of rotatable bonds is 5. The van der Waals surface area contributed by atoms with E-state index in [9.17, 15) is 0 Å². The number of ether oxygens (including phenoxy) is 1. The third-order valence-electron chi connectivity index (χ3n) is 3.94. The van der Waals surface area contributed by atoms with E-state index in [0.717, 1.165) is 37.4 Å². The van der Waals surface area contributed by atoms with E-state index in [4.69, 9.17) is 4.74 Å². The highest BCUT2D eigenvalue weighted by Crippen LogP contribution is 2.36. The first-order chi connectivity index (χ1) is 9.48. The monoisotopic (exact) mass is 277 g/mol. The molecule has 0 atom stereocenters. The molecular weight excluding hydrogens is 250 g/mol. The molecule has 1 aromatic heterocycles. The van der Waals surface area contributed by atoms with E-state index < -0.39 is 0 Å². The van der Waals surface area contributed by atoms with Crippen LogP contribution in [0.5, 0.6) is 5.88 Å². The van der Waals surface area contributed by atoms with E-state index in [2.05, 4.69) is 36.1 Å². The molecule has 112 valence electrons. The molecule has 0 radical (unpaired) electrons. The molecule has 1 heterocycles. The van der Waals surface area contributed by atoms with Crippen LogP contribution in [0.3, 0.4) is 0 Å². The summed E-state index contributed by atoms with van der Waals surface area (Å²) in [6.07, 6.45) is 6.07. The molecule has 1 aromatic rings. The fraction of sp³-hybridized carbons (Fsp3) is 0.750. The zero-order valence-corrected chi connectivity index (χ0v) is 13.2. The predicted molar refractivity (Wildman–Crippen MR) is 82.2 cm³/mol. The highest BCUT2D eigenvalue weighted by molar-refractivity contribution is 5.38. The second-order valence-corrected chi connectivity index (χ2v) is 6.55. The molecule has 0 spiro atoms. The van der Waals surface area contributed by atoms with Crippen molar-refractivity contribution in [2.45, 2.75) is 65.9 Å². The Balaban J connectivity index is 1.97. The second-order valence-electron chi connectivity index (χ2n) is 6.55. The van der Waals surface area contributed by atoms with Crippen LogP contribution in [0, 0.1) is 12.3 Å². The fourth-order valence-corrected chi connectivity index (χ4v) is 2.61. The Morgan fingerprint density at radius 2 is 2.00 bits per heavy atom. The van der Waals surface area contributed by atoms with E-state index in [0.29, 0.717) is 17.4 Å². The molecule has 0 amide bonds. The van der Waals surface area contributed by atoms with Crippen molar-refractivity contribution < 1.29 is 4.74 Å². The van der Waals surface area contributed by atoms with E-state index in [1.54, 1.807) is 0 Å². The summed E-state index contributed by atoms with van der Waals surface area (Å²) in [6.45, 7) is 9.65. The van der Waals surface area contributed by atoms with Gasteiger partial charge in [-0.15, -0.1) is 0 Å². The van der Waals surface area contributed by atoms with Crippen molar-refractivity contribution in [2.75, 3.05) is 11.9 Å². The molecule has 0 saturated heterocycles. The molecule has 4 nitrogen and oxygen atoms in total. The Morgan fingerprint density at radius 3 is 2.65 bits per heavy atom. The maximum Gasteiger partial charge on any atom is 0.218 e. The summed E-state index contributed by atoms with van der Waals surface area (Å²) in [4.78, 5) is 8.78. The standard InChI is InChI=1S/C16H27N3O/c1-5-10-17-14-11-15(19-12(2)18-14)20-13-6-8-16(3,4)9-7-13/h11,13H,5-10H2,1-4H3,(H,17,18,19). The van der Waals surface area contributed by atoms with Crippen LogP contribution in [0.2, 0.25) is 0 Å². The van der Waals surface area contributed by atoms with Crippen LogP contribution >= 0.6 is 0 Å². The number of aryl methyl sites for hydroxylation is 1. The molecule has 0 aliphatic heterocycles. The molecule has 0 unspecified atom stereocenters. The average Bonchev–Trinajstić information content (AvgIpc) is 2.38. The van der Waals surface area contributed by atoms with E-state index in [1.165, 1.54) is 12.8 Å². The number of nitrogens with one attached hydrogen (secondary N) is 1. The molecule has 1 aliphatic carbocycles. The highest BCUT2D eigenvalue weighted by Gasteiger charge is 2.28. The Labute approximate surface area is 122 Å². The van der Waals surface area contributed by atoms with Crippen LogP contribution in [0.15, 0.2) is 6.07 Å². The molecule has 0 aromatic carbocycles. The number of nitrogens with zero attached hydrogens (tertiary/aromatic N) is 2. The first kappa shape index (κ1) is 15.1. The molecule has 2 rings (SSSR count). The van der Waals surface area contributed by atoms with Gasteiger partial charge in [0.25, 0.3) is 0 Å². The molecule has 1 saturated carbocycles. The Hall–Kier alpha value is -1.32. The Morgan fingerprint density at radius 1 is 1.30 bits per heavy atom. The maximum absolute atomic E-state index is 6.06. The van der Waals surface area contributed by atoms with Gasteiger partial charge in [0.2, 0.25) is 5.88 Å². The summed E-state index contributed by atoms with van der Waals surface area (Å²) in [6, 6.07) is 1.92. The molecule has 4 heteroatoms. The van der Waals surface area contributed by atoms with Gasteiger partial charge in [-0.3, -0.25) is 0 Å². The maximum atomic E-state index is 6.06. The second kappa shape index (κ2) is 6.42. The van der Waals surface area contributed by atoms with Gasteiger partial charge in [0.05, 0.1) is 0 Å². The van der Waals surface area contributed by atoms with Crippen molar-refractivity contribution >= 4 is 5.82 Å². The lowest BCUT2D eigenvalue weighted by molar-refractivity contribution is 0.0947. The number of anilines is 1. The van der Waals surface area contributed by atoms with Crippen molar-refractivity contribution in [1.29, 1.82) is 0 Å². The smallest absolute Gasteiger partial charge is 0.218 e. The van der Waals surface area contributed by atoms with Gasteiger partial charge >= 0.3 is 0 Å². The zero-order chi connectivity index (χ0) is 14.6. The van der Waals surface area contributed by atoms with Gasteiger partial charge in [0.15, 0.2) is 0 Å². The molecule has 1 N–H and O–H groups in total. The molecule has 0 bridgehead atoms. The largest absolute Gasteiger partial charge is 0.474 e. The van der Waals surface area contributed by atoms with Crippen LogP contribution in [-0.4, -0.2) is 22.6 Å². The third kappa shape index (κ3) is 4.36. The Bertz CT molecular complexity index is 435. The fourth-order valence-electron chi connectivity index (χ4n) is 2.61. The van der Waals surface area contributed by atoms with E-state index >= 15 is 0 Å². The van der Waals surface area contributed by atoms with Gasteiger partial charge in [0, 0.05) is 12.6 Å². The third-order valence-corrected chi connectivity index (χ3v) is 3.94. The van der Waals surface area contributed by atoms with Crippen LogP contribution in [0.1, 0.15) is 58.7 Å². The number of hydrogen-bond acceptors (Lipinski definition) is 4. The zero-order valence-electron chi connectivity index (χ0n) is 13.2. The average molecular weight is 277 g/mol. The minimum atomic E-state index is 0.302. The Kier molecular flexibility index (Phi) is 4.84. The van der Waals surface area contributed by atoms with Crippen LogP contribution in [0.25, 0.3) is 0 Å². The lowest BCUT2D eigenvalue weighted by Crippen LogP contribution is -2.28. The van der Waals surface area contributed by atoms with Crippen molar-refractivity contribution in [3.05, 3.63) is 11.9 Å². The molecule has 20 heavy (non-hydrogen) atoms. The lowest BCUT2D eigenvalue weighted by atomic mass is 9.76. The number of aromatic nitrogens is 2. The molecule has 1 aliphatic rings. The predicted octanol–water partition coefficient (Wildman–Crippen LogP) is 3.95. The summed E-state index contributed by atoms with van der Waals surface area (Å²) in [5, 5.41) is 3.29. The first-order valence-electron chi connectivity index (χ1n) is 7.75. The van der Waals surface area contributed by atoms with Crippen molar-refractivity contribution in [3.63, 3.8) is 0 Å². The molecular formula is C16H27N3O. The van der Waals surface area contributed by atoms with Crippen LogP contribution in [0.4, 0.5) is 5.82 Å². The quantitative estimate of drug-likeness (QED) is 0.885. The van der Waals surface area contributed by atoms with Gasteiger partial charge < -0.3 is 10.1 Å². The molecule has 1 fully saturated rings. The summed E-state index contributed by atoms with van der Waals surface area (Å²) < 4.78 is 6.06. The van der Waals surface area contributed by atoms with Crippen LogP contribution < -0.4 is 10.1 Å². The van der Waals surface area contributed by atoms with Gasteiger partial charge in [-0.1, -0.05) is 20.8 Å². The highest BCUT2D eigenvalue weighted by atomic mass is 16.5. The van der Waals surface area contributed by atoms with Crippen molar-refractivity contribution in [1.82, 2.24) is 9.97 Å². The normalized spacial score (nSPS) is 18.8. The summed E-state index contributed by atoms with van der Waals surface area (Å²) in [5.41, 5.74) is 0.468.